The van der Waals surface area contributed by atoms with Gasteiger partial charge in [0.05, 0.1) is 56.0 Å². The van der Waals surface area contributed by atoms with E-state index in [9.17, 15) is 10.5 Å². The highest BCUT2D eigenvalue weighted by molar-refractivity contribution is 6.13. The molecule has 0 spiro atoms. The molecule has 0 radical (unpaired) electrons. The molecule has 0 N–H and O–H groups in total. The normalized spacial score (nSPS) is 11.4. The third-order valence-corrected chi connectivity index (χ3v) is 13.3. The summed E-state index contributed by atoms with van der Waals surface area (Å²) in [6, 6.07) is 79.0. The second-order valence-electron chi connectivity index (χ2n) is 17.4. The Morgan fingerprint density at radius 2 is 0.779 bits per heavy atom. The first-order valence-electron chi connectivity index (χ1n) is 22.8. The Bertz CT molecular complexity index is 3840. The molecule has 318 valence electrons. The number of nitriles is 2. The van der Waals surface area contributed by atoms with Crippen LogP contribution in [0.25, 0.3) is 111 Å². The topological polar surface area (TPSA) is 70.3 Å². The predicted octanol–water partition coefficient (Wildman–Crippen LogP) is 16.0. The number of pyridine rings is 1. The van der Waals surface area contributed by atoms with E-state index in [-0.39, 0.29) is 0 Å². The van der Waals surface area contributed by atoms with Crippen LogP contribution in [0.2, 0.25) is 0 Å². The van der Waals surface area contributed by atoms with Crippen molar-refractivity contribution in [2.75, 3.05) is 0 Å². The van der Waals surface area contributed by atoms with Gasteiger partial charge >= 0.3 is 0 Å². The number of hydrogen-bond donors (Lipinski definition) is 0. The van der Waals surface area contributed by atoms with Gasteiger partial charge in [0, 0.05) is 60.5 Å². The minimum absolute atomic E-state index is 0.304. The maximum atomic E-state index is 10.7. The molecule has 0 saturated carbocycles. The minimum Gasteiger partial charge on any atom is -0.309 e. The van der Waals surface area contributed by atoms with Gasteiger partial charge in [-0.15, -0.1) is 0 Å². The fourth-order valence-corrected chi connectivity index (χ4v) is 10.4. The molecule has 68 heavy (non-hydrogen) atoms. The molecule has 9 aromatic carbocycles. The molecule has 5 nitrogen and oxygen atoms in total. The van der Waals surface area contributed by atoms with Gasteiger partial charge < -0.3 is 9.13 Å². The van der Waals surface area contributed by atoms with Crippen molar-refractivity contribution >= 4 is 43.6 Å². The summed E-state index contributed by atoms with van der Waals surface area (Å²) in [4.78, 5) is 5.91. The molecule has 0 amide bonds. The van der Waals surface area contributed by atoms with Gasteiger partial charge in [-0.05, 0) is 80.1 Å². The molecule has 12 rings (SSSR count). The van der Waals surface area contributed by atoms with Gasteiger partial charge in [0.1, 0.15) is 12.1 Å². The van der Waals surface area contributed by atoms with E-state index in [1.807, 2.05) is 24.3 Å². The fraction of sp³-hybridized carbons (Fsp3) is 0.0317. The summed E-state index contributed by atoms with van der Waals surface area (Å²) >= 11 is 0. The number of rotatable bonds is 7. The van der Waals surface area contributed by atoms with Crippen molar-refractivity contribution in [1.82, 2.24) is 14.1 Å². The van der Waals surface area contributed by atoms with E-state index >= 15 is 0 Å². The summed E-state index contributed by atoms with van der Waals surface area (Å²) in [7, 11) is 0. The smallest absolute Gasteiger partial charge is 0.101 e. The number of nitrogens with zero attached hydrogens (tertiary/aromatic N) is 5. The first kappa shape index (κ1) is 40.2. The summed E-state index contributed by atoms with van der Waals surface area (Å²) in [5.41, 5.74) is 18.3. The average Bonchev–Trinajstić information content (AvgIpc) is 3.90. The number of benzene rings is 9. The Morgan fingerprint density at radius 3 is 1.26 bits per heavy atom. The first-order valence-corrected chi connectivity index (χ1v) is 22.8. The molecule has 0 bridgehead atoms. The Morgan fingerprint density at radius 1 is 0.353 bits per heavy atom. The second-order valence-corrected chi connectivity index (χ2v) is 17.4. The maximum Gasteiger partial charge on any atom is 0.101 e. The second kappa shape index (κ2) is 16.3. The molecular formula is C63H41N5. The number of aromatic nitrogens is 3. The quantitative estimate of drug-likeness (QED) is 0.160. The highest BCUT2D eigenvalue weighted by Gasteiger charge is 2.30. The van der Waals surface area contributed by atoms with E-state index < -0.39 is 0 Å². The van der Waals surface area contributed by atoms with Crippen LogP contribution >= 0.6 is 0 Å². The van der Waals surface area contributed by atoms with Crippen LogP contribution in [0.5, 0.6) is 0 Å². The molecule has 3 heterocycles. The standard InChI is InChI=1S/C63H41N5/c1-40-29-33-57-51(35-40)47-21-9-13-25-53(47)67(57)55-27-15-11-23-49(55)60-59(44-31-32-45(38-64)46(37-44)39-65)61(63(43-19-7-4-8-20-43)66-62(60)42-17-5-3-6-18-42)50-24-12-16-28-56(50)68-54-26-14-10-22-48(54)52-36-41(2)30-34-58(52)68/h3-37H,1-2H3. The summed E-state index contributed by atoms with van der Waals surface area (Å²) in [6.45, 7) is 4.29. The molecule has 3 aromatic heterocycles. The molecule has 0 saturated heterocycles. The van der Waals surface area contributed by atoms with Crippen LogP contribution < -0.4 is 0 Å². The van der Waals surface area contributed by atoms with Crippen LogP contribution in [-0.2, 0) is 0 Å². The van der Waals surface area contributed by atoms with Crippen LogP contribution in [0.3, 0.4) is 0 Å². The van der Waals surface area contributed by atoms with E-state index in [2.05, 4.69) is 217 Å². The van der Waals surface area contributed by atoms with E-state index in [1.165, 1.54) is 32.7 Å². The number of fused-ring (bicyclic) bond motifs is 6. The van der Waals surface area contributed by atoms with Crippen LogP contribution in [0.1, 0.15) is 22.3 Å². The average molecular weight is 868 g/mol. The van der Waals surface area contributed by atoms with E-state index in [1.54, 1.807) is 6.07 Å². The zero-order valence-electron chi connectivity index (χ0n) is 37.4. The maximum absolute atomic E-state index is 10.7. The molecule has 0 fully saturated rings. The number of para-hydroxylation sites is 4. The van der Waals surface area contributed by atoms with E-state index in [0.29, 0.717) is 11.1 Å². The summed E-state index contributed by atoms with van der Waals surface area (Å²) in [6.07, 6.45) is 0. The SMILES string of the molecule is Cc1ccc2c(c1)c1ccccc1n2-c1ccccc1-c1c(-c2ccccc2)nc(-c2ccccc2)c(-c2ccccc2-n2c3ccccc3c3cc(C)ccc32)c1-c1ccc(C#N)c(C#N)c1. The van der Waals surface area contributed by atoms with Crippen LogP contribution in [0, 0.1) is 36.5 Å². The number of hydrogen-bond acceptors (Lipinski definition) is 3. The van der Waals surface area contributed by atoms with Crippen molar-refractivity contribution in [3.05, 3.63) is 235 Å². The molecule has 0 aliphatic rings. The van der Waals surface area contributed by atoms with Gasteiger partial charge in [-0.3, -0.25) is 0 Å². The lowest BCUT2D eigenvalue weighted by molar-refractivity contribution is 1.17. The van der Waals surface area contributed by atoms with Gasteiger partial charge in [0.25, 0.3) is 0 Å². The minimum atomic E-state index is 0.304. The lowest BCUT2D eigenvalue weighted by Gasteiger charge is -2.26. The molecule has 0 aliphatic heterocycles. The van der Waals surface area contributed by atoms with Crippen molar-refractivity contribution in [3.63, 3.8) is 0 Å². The molecule has 0 atom stereocenters. The van der Waals surface area contributed by atoms with Crippen molar-refractivity contribution < 1.29 is 0 Å². The van der Waals surface area contributed by atoms with Crippen molar-refractivity contribution in [1.29, 1.82) is 10.5 Å². The lowest BCUT2D eigenvalue weighted by Crippen LogP contribution is -2.06. The Labute approximate surface area is 394 Å². The Kier molecular flexibility index (Phi) is 9.64. The first-order chi connectivity index (χ1) is 33.5. The highest BCUT2D eigenvalue weighted by Crippen LogP contribution is 2.52. The molecule has 0 aliphatic carbocycles. The van der Waals surface area contributed by atoms with Crippen LogP contribution in [0.4, 0.5) is 0 Å². The van der Waals surface area contributed by atoms with Gasteiger partial charge in [-0.25, -0.2) is 4.98 Å². The van der Waals surface area contributed by atoms with Crippen molar-refractivity contribution in [3.8, 4) is 79.4 Å². The monoisotopic (exact) mass is 867 g/mol. The highest BCUT2D eigenvalue weighted by atomic mass is 15.0. The lowest BCUT2D eigenvalue weighted by atomic mass is 9.82. The molecular weight excluding hydrogens is 827 g/mol. The van der Waals surface area contributed by atoms with Crippen LogP contribution in [0.15, 0.2) is 212 Å². The van der Waals surface area contributed by atoms with Gasteiger partial charge in [0.15, 0.2) is 0 Å². The summed E-state index contributed by atoms with van der Waals surface area (Å²) < 4.78 is 4.77. The van der Waals surface area contributed by atoms with Crippen molar-refractivity contribution in [2.24, 2.45) is 0 Å². The Hall–Kier alpha value is -9.29. The summed E-state index contributed by atoms with van der Waals surface area (Å²) in [5, 5.41) is 25.7. The van der Waals surface area contributed by atoms with Gasteiger partial charge in [-0.2, -0.15) is 10.5 Å². The third kappa shape index (κ3) is 6.41. The zero-order chi connectivity index (χ0) is 45.9. The third-order valence-electron chi connectivity index (χ3n) is 13.3. The van der Waals surface area contributed by atoms with E-state index in [4.69, 9.17) is 4.98 Å². The van der Waals surface area contributed by atoms with E-state index in [0.717, 1.165) is 89.3 Å². The largest absolute Gasteiger partial charge is 0.309 e. The predicted molar refractivity (Wildman–Crippen MR) is 279 cm³/mol. The number of aryl methyl sites for hydroxylation is 2. The molecule has 0 unspecified atom stereocenters. The van der Waals surface area contributed by atoms with Crippen LogP contribution in [-0.4, -0.2) is 14.1 Å². The Balaban J connectivity index is 1.31. The summed E-state index contributed by atoms with van der Waals surface area (Å²) in [5.74, 6) is 0. The van der Waals surface area contributed by atoms with Gasteiger partial charge in [-0.1, -0.05) is 163 Å². The molecule has 12 aromatic rings. The molecule has 5 heteroatoms. The fourth-order valence-electron chi connectivity index (χ4n) is 10.4. The van der Waals surface area contributed by atoms with Gasteiger partial charge in [0.2, 0.25) is 0 Å². The zero-order valence-corrected chi connectivity index (χ0v) is 37.4. The van der Waals surface area contributed by atoms with Crippen molar-refractivity contribution in [2.45, 2.75) is 13.8 Å².